The smallest absolute Gasteiger partial charge is 0.306 e. The minimum absolute atomic E-state index is 0.0427. The monoisotopic (exact) mass is 429 g/mol. The van der Waals surface area contributed by atoms with E-state index < -0.39 is 12.1 Å². The van der Waals surface area contributed by atoms with Crippen molar-refractivity contribution in [2.75, 3.05) is 5.32 Å². The average molecular weight is 430 g/mol. The summed E-state index contributed by atoms with van der Waals surface area (Å²) >= 11 is 1.54. The third kappa shape index (κ3) is 6.35. The Hall–Kier alpha value is -2.80. The number of hydrogen-bond acceptors (Lipinski definition) is 6. The van der Waals surface area contributed by atoms with Gasteiger partial charge in [0.25, 0.3) is 0 Å². The molecule has 0 saturated heterocycles. The lowest BCUT2D eigenvalue weighted by molar-refractivity contribution is -0.146. The van der Waals surface area contributed by atoms with Gasteiger partial charge in [-0.2, -0.15) is 0 Å². The molecule has 2 aromatic rings. The summed E-state index contributed by atoms with van der Waals surface area (Å²) in [5, 5.41) is 2.75. The maximum Gasteiger partial charge on any atom is 0.306 e. The van der Waals surface area contributed by atoms with Gasteiger partial charge in [0.05, 0.1) is 6.42 Å². The van der Waals surface area contributed by atoms with Gasteiger partial charge in [-0.15, -0.1) is 11.3 Å². The number of nitrogens with one attached hydrogen (secondary N) is 1. The molecule has 1 N–H and O–H groups in total. The molecule has 7 heteroatoms. The van der Waals surface area contributed by atoms with Crippen LogP contribution in [0.1, 0.15) is 64.1 Å². The van der Waals surface area contributed by atoms with Crippen molar-refractivity contribution in [2.24, 2.45) is 5.92 Å². The fraction of sp³-hybridized carbons (Fsp3) is 0.391. The average Bonchev–Trinajstić information content (AvgIpc) is 3.04. The van der Waals surface area contributed by atoms with Crippen LogP contribution in [0.4, 0.5) is 5.69 Å². The number of esters is 1. The van der Waals surface area contributed by atoms with Crippen molar-refractivity contribution in [3.63, 3.8) is 0 Å². The summed E-state index contributed by atoms with van der Waals surface area (Å²) in [5.74, 6) is -1.30. The van der Waals surface area contributed by atoms with E-state index >= 15 is 0 Å². The Bertz CT molecular complexity index is 943. The van der Waals surface area contributed by atoms with Gasteiger partial charge in [0.2, 0.25) is 11.7 Å². The minimum atomic E-state index is -0.964. The number of Topliss-reactive ketones (excluding diaryl/α,β-unsaturated/α-hetero) is 2. The maximum atomic E-state index is 12.5. The molecule has 2 rings (SSSR count). The molecule has 1 unspecified atom stereocenters. The molecule has 160 valence electrons. The molecule has 0 aliphatic rings. The standard InChI is InChI=1S/C23H27NO5S/c1-13(2)23(28)24-18-8-6-17(7-9-18)22(27)15(4)29-21(26)11-10-20(25)19-12-14(3)30-16(19)5/h6-9,12-13,15H,10-11H2,1-5H3,(H,24,28). The van der Waals surface area contributed by atoms with E-state index in [1.54, 1.807) is 49.4 Å². The first-order valence-electron chi connectivity index (χ1n) is 9.83. The van der Waals surface area contributed by atoms with Crippen molar-refractivity contribution in [1.82, 2.24) is 0 Å². The zero-order chi connectivity index (χ0) is 22.4. The van der Waals surface area contributed by atoms with Gasteiger partial charge in [0.1, 0.15) is 0 Å². The van der Waals surface area contributed by atoms with Crippen LogP contribution in [-0.4, -0.2) is 29.5 Å². The highest BCUT2D eigenvalue weighted by molar-refractivity contribution is 7.12. The second-order valence-electron chi connectivity index (χ2n) is 7.47. The van der Waals surface area contributed by atoms with Crippen LogP contribution in [-0.2, 0) is 14.3 Å². The lowest BCUT2D eigenvalue weighted by atomic mass is 10.1. The molecular weight excluding hydrogens is 402 g/mol. The molecule has 1 heterocycles. The van der Waals surface area contributed by atoms with E-state index in [1.807, 2.05) is 19.9 Å². The first-order valence-corrected chi connectivity index (χ1v) is 10.6. The third-order valence-corrected chi connectivity index (χ3v) is 5.50. The van der Waals surface area contributed by atoms with Crippen LogP contribution < -0.4 is 5.32 Å². The fourth-order valence-corrected chi connectivity index (χ4v) is 3.75. The van der Waals surface area contributed by atoms with Gasteiger partial charge >= 0.3 is 5.97 Å². The number of amides is 1. The molecule has 0 spiro atoms. The molecule has 0 aliphatic carbocycles. The van der Waals surface area contributed by atoms with Gasteiger partial charge in [-0.3, -0.25) is 19.2 Å². The van der Waals surface area contributed by atoms with Crippen molar-refractivity contribution in [3.05, 3.63) is 51.2 Å². The van der Waals surface area contributed by atoms with E-state index in [0.717, 1.165) is 9.75 Å². The Balaban J connectivity index is 1.87. The van der Waals surface area contributed by atoms with Crippen molar-refractivity contribution in [3.8, 4) is 0 Å². The Morgan fingerprint density at radius 2 is 1.63 bits per heavy atom. The summed E-state index contributed by atoms with van der Waals surface area (Å²) in [7, 11) is 0. The molecule has 1 aromatic heterocycles. The topological polar surface area (TPSA) is 89.5 Å². The Morgan fingerprint density at radius 3 is 2.17 bits per heavy atom. The molecule has 0 fully saturated rings. The van der Waals surface area contributed by atoms with Crippen LogP contribution in [0.2, 0.25) is 0 Å². The molecule has 0 saturated carbocycles. The highest BCUT2D eigenvalue weighted by atomic mass is 32.1. The number of benzene rings is 1. The number of anilines is 1. The Labute approximate surface area is 180 Å². The molecule has 1 aromatic carbocycles. The summed E-state index contributed by atoms with van der Waals surface area (Å²) in [6.45, 7) is 8.89. The van der Waals surface area contributed by atoms with Gasteiger partial charge in [-0.25, -0.2) is 0 Å². The van der Waals surface area contributed by atoms with Gasteiger partial charge in [-0.05, 0) is 51.1 Å². The molecule has 0 bridgehead atoms. The largest absolute Gasteiger partial charge is 0.454 e. The second kappa shape index (κ2) is 10.3. The van der Waals surface area contributed by atoms with Crippen molar-refractivity contribution >= 4 is 40.5 Å². The van der Waals surface area contributed by atoms with Gasteiger partial charge < -0.3 is 10.1 Å². The van der Waals surface area contributed by atoms with Gasteiger partial charge in [0.15, 0.2) is 11.9 Å². The molecule has 6 nitrogen and oxygen atoms in total. The van der Waals surface area contributed by atoms with Crippen LogP contribution in [0.15, 0.2) is 30.3 Å². The Kier molecular flexibility index (Phi) is 8.06. The van der Waals surface area contributed by atoms with Crippen molar-refractivity contribution < 1.29 is 23.9 Å². The van der Waals surface area contributed by atoms with Crippen LogP contribution in [0.3, 0.4) is 0 Å². The van der Waals surface area contributed by atoms with Crippen LogP contribution in [0.25, 0.3) is 0 Å². The number of hydrogen-bond donors (Lipinski definition) is 1. The number of aryl methyl sites for hydroxylation is 2. The van der Waals surface area contributed by atoms with Crippen LogP contribution in [0.5, 0.6) is 0 Å². The molecule has 30 heavy (non-hydrogen) atoms. The highest BCUT2D eigenvalue weighted by Crippen LogP contribution is 2.22. The molecule has 1 amide bonds. The predicted octanol–water partition coefficient (Wildman–Crippen LogP) is 4.74. The SMILES string of the molecule is Cc1cc(C(=O)CCC(=O)OC(C)C(=O)c2ccc(NC(=O)C(C)C)cc2)c(C)s1. The number of ketones is 2. The first-order chi connectivity index (χ1) is 14.1. The molecular formula is C23H27NO5S. The van der Waals surface area contributed by atoms with E-state index in [2.05, 4.69) is 5.32 Å². The van der Waals surface area contributed by atoms with E-state index in [-0.39, 0.29) is 36.2 Å². The molecule has 0 aliphatic heterocycles. The lowest BCUT2D eigenvalue weighted by Gasteiger charge is -2.13. The fourth-order valence-electron chi connectivity index (χ4n) is 2.81. The molecule has 1 atom stereocenters. The van der Waals surface area contributed by atoms with E-state index in [4.69, 9.17) is 4.74 Å². The number of ether oxygens (including phenoxy) is 1. The minimum Gasteiger partial charge on any atom is -0.454 e. The summed E-state index contributed by atoms with van der Waals surface area (Å²) in [5.41, 5.74) is 1.60. The Morgan fingerprint density at radius 1 is 1.00 bits per heavy atom. The predicted molar refractivity (Wildman–Crippen MR) is 117 cm³/mol. The van der Waals surface area contributed by atoms with Gasteiger partial charge in [0, 0.05) is 38.9 Å². The van der Waals surface area contributed by atoms with E-state index in [1.165, 1.54) is 6.92 Å². The number of thiophene rings is 1. The first kappa shape index (κ1) is 23.5. The molecule has 0 radical (unpaired) electrons. The van der Waals surface area contributed by atoms with Gasteiger partial charge in [-0.1, -0.05) is 13.8 Å². The zero-order valence-electron chi connectivity index (χ0n) is 17.9. The van der Waals surface area contributed by atoms with E-state index in [0.29, 0.717) is 16.8 Å². The number of carbonyl (C=O) groups is 4. The summed E-state index contributed by atoms with van der Waals surface area (Å²) in [6, 6.07) is 8.24. The van der Waals surface area contributed by atoms with Crippen molar-refractivity contribution in [1.29, 1.82) is 0 Å². The van der Waals surface area contributed by atoms with Crippen LogP contribution >= 0.6 is 11.3 Å². The number of carbonyl (C=O) groups excluding carboxylic acids is 4. The normalized spacial score (nSPS) is 11.8. The summed E-state index contributed by atoms with van der Waals surface area (Å²) < 4.78 is 5.21. The van der Waals surface area contributed by atoms with Crippen LogP contribution in [0, 0.1) is 19.8 Å². The van der Waals surface area contributed by atoms with E-state index in [9.17, 15) is 19.2 Å². The zero-order valence-corrected chi connectivity index (χ0v) is 18.7. The second-order valence-corrected chi connectivity index (χ2v) is 8.93. The maximum absolute atomic E-state index is 12.5. The summed E-state index contributed by atoms with van der Waals surface area (Å²) in [6.07, 6.45) is -1.000. The summed E-state index contributed by atoms with van der Waals surface area (Å²) in [4.78, 5) is 50.6. The third-order valence-electron chi connectivity index (χ3n) is 4.54. The number of rotatable bonds is 9. The lowest BCUT2D eigenvalue weighted by Crippen LogP contribution is -2.24. The highest BCUT2D eigenvalue weighted by Gasteiger charge is 2.21. The van der Waals surface area contributed by atoms with Crippen molar-refractivity contribution in [2.45, 2.75) is 53.6 Å². The quantitative estimate of drug-likeness (QED) is 0.459.